The van der Waals surface area contributed by atoms with Crippen molar-refractivity contribution in [3.63, 3.8) is 0 Å². The molecule has 2 aromatic carbocycles. The summed E-state index contributed by atoms with van der Waals surface area (Å²) in [6, 6.07) is 10.3. The molecule has 0 unspecified atom stereocenters. The summed E-state index contributed by atoms with van der Waals surface area (Å²) in [7, 11) is -0.725. The Labute approximate surface area is 248 Å². The highest BCUT2D eigenvalue weighted by atomic mass is 35.5. The first-order chi connectivity index (χ1) is 18.7. The zero-order chi connectivity index (χ0) is 28.6. The average Bonchev–Trinajstić information content (AvgIpc) is 3.35. The highest BCUT2D eigenvalue weighted by molar-refractivity contribution is 7.89. The van der Waals surface area contributed by atoms with Crippen LogP contribution in [-0.2, 0) is 19.5 Å². The smallest absolute Gasteiger partial charge is 0.260 e. The lowest BCUT2D eigenvalue weighted by atomic mass is 10.1. The maximum Gasteiger partial charge on any atom is 0.260 e. The van der Waals surface area contributed by atoms with Crippen molar-refractivity contribution in [2.75, 3.05) is 71.6 Å². The van der Waals surface area contributed by atoms with E-state index in [0.717, 1.165) is 34.4 Å². The Morgan fingerprint density at radius 1 is 0.925 bits per heavy atom. The summed E-state index contributed by atoms with van der Waals surface area (Å²) in [5, 5.41) is 0.637. The Morgan fingerprint density at radius 3 is 2.08 bits per heavy atom. The van der Waals surface area contributed by atoms with Crippen LogP contribution in [0.5, 0.6) is 0 Å². The van der Waals surface area contributed by atoms with E-state index in [1.165, 1.54) is 42.0 Å². The number of methoxy groups -OCH3 is 2. The van der Waals surface area contributed by atoms with E-state index in [2.05, 4.69) is 31.7 Å². The second-order valence-corrected chi connectivity index (χ2v) is 12.2. The van der Waals surface area contributed by atoms with Crippen LogP contribution < -0.4 is 4.90 Å². The van der Waals surface area contributed by atoms with Gasteiger partial charge in [-0.1, -0.05) is 31.3 Å². The maximum absolute atomic E-state index is 13.8. The molecule has 0 atom stereocenters. The van der Waals surface area contributed by atoms with Crippen LogP contribution in [0.15, 0.2) is 41.3 Å². The van der Waals surface area contributed by atoms with E-state index in [1.54, 1.807) is 17.0 Å². The quantitative estimate of drug-likeness (QED) is 0.248. The molecule has 0 radical (unpaired) electrons. The zero-order valence-corrected chi connectivity index (χ0v) is 26.6. The van der Waals surface area contributed by atoms with Gasteiger partial charge in [0.2, 0.25) is 10.0 Å². The van der Waals surface area contributed by atoms with Crippen LogP contribution in [0.25, 0.3) is 10.2 Å². The van der Waals surface area contributed by atoms with E-state index in [9.17, 15) is 13.2 Å². The fraction of sp³-hybridized carbons (Fsp3) is 0.500. The van der Waals surface area contributed by atoms with Gasteiger partial charge in [-0.3, -0.25) is 9.69 Å². The van der Waals surface area contributed by atoms with Gasteiger partial charge in [-0.25, -0.2) is 13.4 Å². The van der Waals surface area contributed by atoms with Gasteiger partial charge < -0.3 is 14.4 Å². The van der Waals surface area contributed by atoms with Gasteiger partial charge in [0.05, 0.1) is 28.3 Å². The highest BCUT2D eigenvalue weighted by Gasteiger charge is 2.26. The molecule has 12 heteroatoms. The van der Waals surface area contributed by atoms with Crippen LogP contribution in [-0.4, -0.2) is 95.2 Å². The maximum atomic E-state index is 13.8. The molecule has 40 heavy (non-hydrogen) atoms. The number of benzene rings is 2. The number of hydrogen-bond donors (Lipinski definition) is 0. The van der Waals surface area contributed by atoms with Gasteiger partial charge in [-0.2, -0.15) is 4.31 Å². The number of ether oxygens (including phenoxy) is 2. The molecule has 0 aliphatic heterocycles. The average molecular weight is 613 g/mol. The van der Waals surface area contributed by atoms with Gasteiger partial charge in [0.1, 0.15) is 0 Å². The number of amides is 1. The number of carbonyl (C=O) groups excluding carboxylic acids is 1. The second-order valence-electron chi connectivity index (χ2n) is 9.32. The molecule has 3 aromatic rings. The van der Waals surface area contributed by atoms with Crippen molar-refractivity contribution in [1.29, 1.82) is 0 Å². The number of fused-ring (bicyclic) bond motifs is 1. The van der Waals surface area contributed by atoms with Crippen LogP contribution in [0.1, 0.15) is 35.3 Å². The van der Waals surface area contributed by atoms with Gasteiger partial charge >= 0.3 is 0 Å². The van der Waals surface area contributed by atoms with Crippen LogP contribution in [0.4, 0.5) is 5.13 Å². The van der Waals surface area contributed by atoms with Crippen LogP contribution in [0, 0.1) is 13.8 Å². The van der Waals surface area contributed by atoms with Crippen molar-refractivity contribution in [3.8, 4) is 0 Å². The van der Waals surface area contributed by atoms with E-state index in [0.29, 0.717) is 23.8 Å². The van der Waals surface area contributed by atoms with Gasteiger partial charge in [-0.15, -0.1) is 12.4 Å². The first-order valence-corrected chi connectivity index (χ1v) is 15.4. The third-order valence-corrected chi connectivity index (χ3v) is 9.79. The number of halogens is 1. The number of rotatable bonds is 15. The summed E-state index contributed by atoms with van der Waals surface area (Å²) in [5.74, 6) is -0.213. The third kappa shape index (κ3) is 8.22. The minimum absolute atomic E-state index is 0. The van der Waals surface area contributed by atoms with Crippen molar-refractivity contribution in [3.05, 3.63) is 53.1 Å². The molecular formula is C28H41ClN4O5S2. The van der Waals surface area contributed by atoms with Crippen LogP contribution >= 0.6 is 23.7 Å². The topological polar surface area (TPSA) is 92.3 Å². The van der Waals surface area contributed by atoms with E-state index in [1.807, 2.05) is 13.0 Å². The molecule has 0 aliphatic carbocycles. The summed E-state index contributed by atoms with van der Waals surface area (Å²) < 4.78 is 39.1. The number of anilines is 1. The molecule has 3 rings (SSSR count). The summed E-state index contributed by atoms with van der Waals surface area (Å²) in [6.07, 6.45) is 0. The number of likely N-dealkylation sites (N-methyl/N-ethyl adjacent to an activating group) is 1. The van der Waals surface area contributed by atoms with Gasteiger partial charge in [-0.05, 0) is 68.4 Å². The van der Waals surface area contributed by atoms with Gasteiger partial charge in [0, 0.05) is 46.0 Å². The van der Waals surface area contributed by atoms with Crippen molar-refractivity contribution < 1.29 is 22.7 Å². The first kappa shape index (κ1) is 34.1. The molecule has 1 aromatic heterocycles. The second kappa shape index (κ2) is 15.8. The van der Waals surface area contributed by atoms with Gasteiger partial charge in [0.25, 0.3) is 5.91 Å². The summed E-state index contributed by atoms with van der Waals surface area (Å²) in [6.45, 7) is 12.2. The lowest BCUT2D eigenvalue weighted by molar-refractivity contribution is 0.0983. The molecule has 222 valence electrons. The van der Waals surface area contributed by atoms with Crippen molar-refractivity contribution in [2.24, 2.45) is 0 Å². The lowest BCUT2D eigenvalue weighted by Gasteiger charge is -2.25. The SMILES string of the molecule is CCN(CC)CCN(C(=O)c1ccc(S(=O)(=O)N(CCOC)CCOC)cc1)c1nc2cc(C)cc(C)c2s1.Cl. The van der Waals surface area contributed by atoms with E-state index >= 15 is 0 Å². The standard InChI is InChI=1S/C28H40N4O5S2.ClH/c1-7-30(8-2)13-14-32(28-29-25-20-21(3)19-22(4)26(25)38-28)27(33)23-9-11-24(12-10-23)39(34,35)31(15-17-36-5)16-18-37-6;/h9-12,19-20H,7-8,13-18H2,1-6H3;1H. The number of aryl methyl sites for hydroxylation is 2. The molecule has 0 saturated carbocycles. The molecule has 9 nitrogen and oxygen atoms in total. The van der Waals surface area contributed by atoms with Crippen molar-refractivity contribution >= 4 is 55.0 Å². The Morgan fingerprint density at radius 2 is 1.52 bits per heavy atom. The Bertz CT molecular complexity index is 1340. The first-order valence-electron chi connectivity index (χ1n) is 13.2. The largest absolute Gasteiger partial charge is 0.383 e. The Kier molecular flexibility index (Phi) is 13.4. The number of aromatic nitrogens is 1. The molecule has 0 fully saturated rings. The van der Waals surface area contributed by atoms with Crippen molar-refractivity contribution in [2.45, 2.75) is 32.6 Å². The number of nitrogens with zero attached hydrogens (tertiary/aromatic N) is 4. The third-order valence-electron chi connectivity index (χ3n) is 6.65. The minimum Gasteiger partial charge on any atom is -0.383 e. The predicted octanol–water partition coefficient (Wildman–Crippen LogP) is 4.61. The number of thiazole rings is 1. The fourth-order valence-electron chi connectivity index (χ4n) is 4.36. The normalized spacial score (nSPS) is 11.8. The fourth-order valence-corrected chi connectivity index (χ4v) is 6.81. The van der Waals surface area contributed by atoms with E-state index in [4.69, 9.17) is 14.5 Å². The summed E-state index contributed by atoms with van der Waals surface area (Å²) in [5.41, 5.74) is 3.54. The molecular weight excluding hydrogens is 572 g/mol. The molecule has 0 aliphatic rings. The molecule has 0 spiro atoms. The predicted molar refractivity (Wildman–Crippen MR) is 165 cm³/mol. The molecule has 0 saturated heterocycles. The summed E-state index contributed by atoms with van der Waals surface area (Å²) >= 11 is 1.51. The monoisotopic (exact) mass is 612 g/mol. The zero-order valence-electron chi connectivity index (χ0n) is 24.2. The number of sulfonamides is 1. The van der Waals surface area contributed by atoms with Gasteiger partial charge in [0.15, 0.2) is 5.13 Å². The van der Waals surface area contributed by atoms with E-state index in [-0.39, 0.29) is 49.5 Å². The molecule has 1 amide bonds. The van der Waals surface area contributed by atoms with Crippen LogP contribution in [0.3, 0.4) is 0 Å². The molecule has 1 heterocycles. The van der Waals surface area contributed by atoms with Crippen molar-refractivity contribution in [1.82, 2.24) is 14.2 Å². The Balaban J connectivity index is 0.00000560. The Hall–Kier alpha value is -2.12. The summed E-state index contributed by atoms with van der Waals surface area (Å²) in [4.78, 5) is 22.7. The van der Waals surface area contributed by atoms with Crippen LogP contribution in [0.2, 0.25) is 0 Å². The lowest BCUT2D eigenvalue weighted by Crippen LogP contribution is -2.39. The number of carbonyl (C=O) groups is 1. The highest BCUT2D eigenvalue weighted by Crippen LogP contribution is 2.33. The molecule has 0 N–H and O–H groups in total. The minimum atomic E-state index is -3.78. The number of hydrogen-bond acceptors (Lipinski definition) is 8. The van der Waals surface area contributed by atoms with E-state index < -0.39 is 10.0 Å². The molecule has 0 bridgehead atoms.